The zero-order chi connectivity index (χ0) is 15.9. The number of phenolic OH excluding ortho intramolecular Hbond substituents is 2. The maximum atomic E-state index is 11.3. The third-order valence-electron chi connectivity index (χ3n) is 4.56. The number of methoxy groups -OCH3 is 1. The summed E-state index contributed by atoms with van der Waals surface area (Å²) in [5.41, 5.74) is 3.79. The average molecular weight is 298 g/mol. The Balaban J connectivity index is 2.14. The van der Waals surface area contributed by atoms with Gasteiger partial charge in [-0.1, -0.05) is 12.1 Å². The van der Waals surface area contributed by atoms with E-state index in [0.717, 1.165) is 35.3 Å². The molecule has 0 amide bonds. The van der Waals surface area contributed by atoms with Crippen LogP contribution in [0.3, 0.4) is 0 Å². The summed E-state index contributed by atoms with van der Waals surface area (Å²) in [6.45, 7) is 1.78. The molecule has 22 heavy (non-hydrogen) atoms. The van der Waals surface area contributed by atoms with Crippen LogP contribution >= 0.6 is 0 Å². The van der Waals surface area contributed by atoms with Crippen LogP contribution in [0.25, 0.3) is 0 Å². The van der Waals surface area contributed by atoms with Crippen molar-refractivity contribution >= 4 is 6.29 Å². The van der Waals surface area contributed by atoms with Crippen molar-refractivity contribution in [3.8, 4) is 17.2 Å². The summed E-state index contributed by atoms with van der Waals surface area (Å²) < 4.78 is 5.18. The van der Waals surface area contributed by atoms with Gasteiger partial charge in [-0.2, -0.15) is 0 Å². The first kappa shape index (κ1) is 14.4. The lowest BCUT2D eigenvalue weighted by Gasteiger charge is -2.18. The van der Waals surface area contributed by atoms with Crippen LogP contribution in [0.5, 0.6) is 17.2 Å². The van der Waals surface area contributed by atoms with Crippen molar-refractivity contribution in [3.05, 3.63) is 52.1 Å². The highest BCUT2D eigenvalue weighted by molar-refractivity contribution is 5.86. The molecule has 0 heterocycles. The molecule has 1 atom stereocenters. The van der Waals surface area contributed by atoms with E-state index < -0.39 is 0 Å². The lowest BCUT2D eigenvalue weighted by atomic mass is 9.88. The number of ether oxygens (including phenoxy) is 1. The first-order valence-corrected chi connectivity index (χ1v) is 7.24. The molecule has 3 rings (SSSR count). The highest BCUT2D eigenvalue weighted by Crippen LogP contribution is 2.48. The summed E-state index contributed by atoms with van der Waals surface area (Å²) >= 11 is 0. The quantitative estimate of drug-likeness (QED) is 0.674. The second-order valence-electron chi connectivity index (χ2n) is 5.61. The predicted molar refractivity (Wildman–Crippen MR) is 83.1 cm³/mol. The molecule has 2 aromatic rings. The highest BCUT2D eigenvalue weighted by atomic mass is 16.5. The van der Waals surface area contributed by atoms with E-state index in [9.17, 15) is 15.0 Å². The van der Waals surface area contributed by atoms with Crippen LogP contribution in [-0.2, 0) is 6.42 Å². The first-order valence-electron chi connectivity index (χ1n) is 7.24. The van der Waals surface area contributed by atoms with Gasteiger partial charge >= 0.3 is 0 Å². The second kappa shape index (κ2) is 5.37. The molecule has 0 saturated carbocycles. The van der Waals surface area contributed by atoms with Crippen LogP contribution in [0.4, 0.5) is 0 Å². The van der Waals surface area contributed by atoms with E-state index in [-0.39, 0.29) is 23.0 Å². The highest BCUT2D eigenvalue weighted by Gasteiger charge is 2.31. The van der Waals surface area contributed by atoms with Gasteiger partial charge in [0.05, 0.1) is 12.7 Å². The molecule has 0 bridgehead atoms. The van der Waals surface area contributed by atoms with E-state index in [1.807, 2.05) is 24.3 Å². The average Bonchev–Trinajstić information content (AvgIpc) is 2.98. The van der Waals surface area contributed by atoms with E-state index >= 15 is 0 Å². The predicted octanol–water partition coefficient (Wildman–Crippen LogP) is 3.31. The van der Waals surface area contributed by atoms with Gasteiger partial charge in [0, 0.05) is 5.92 Å². The third-order valence-corrected chi connectivity index (χ3v) is 4.56. The van der Waals surface area contributed by atoms with E-state index in [1.54, 1.807) is 14.0 Å². The zero-order valence-corrected chi connectivity index (χ0v) is 12.6. The molecule has 0 aromatic heterocycles. The molecule has 0 spiro atoms. The standard InChI is InChI=1S/C18H18O4/c1-10-16-13(11-3-5-12(22-2)6-4-11)7-8-14(16)15(9-19)18(21)17(10)20/h3-6,9,13,20-21H,7-8H2,1-2H3. The van der Waals surface area contributed by atoms with Gasteiger partial charge in [-0.3, -0.25) is 4.79 Å². The molecule has 1 unspecified atom stereocenters. The number of hydrogen-bond acceptors (Lipinski definition) is 4. The first-order chi connectivity index (χ1) is 10.6. The number of phenols is 2. The van der Waals surface area contributed by atoms with Gasteiger partial charge in [0.2, 0.25) is 0 Å². The van der Waals surface area contributed by atoms with Crippen molar-refractivity contribution < 1.29 is 19.7 Å². The zero-order valence-electron chi connectivity index (χ0n) is 12.6. The van der Waals surface area contributed by atoms with Crippen molar-refractivity contribution in [3.63, 3.8) is 0 Å². The Morgan fingerprint density at radius 2 is 1.86 bits per heavy atom. The number of fused-ring (bicyclic) bond motifs is 1. The fourth-order valence-corrected chi connectivity index (χ4v) is 3.42. The van der Waals surface area contributed by atoms with Gasteiger partial charge in [0.1, 0.15) is 5.75 Å². The lowest BCUT2D eigenvalue weighted by Crippen LogP contribution is -2.01. The van der Waals surface area contributed by atoms with E-state index in [0.29, 0.717) is 11.8 Å². The van der Waals surface area contributed by atoms with Gasteiger partial charge in [0.25, 0.3) is 0 Å². The molecule has 4 nitrogen and oxygen atoms in total. The molecular formula is C18H18O4. The molecule has 0 radical (unpaired) electrons. The molecule has 114 valence electrons. The molecule has 1 aliphatic carbocycles. The van der Waals surface area contributed by atoms with Gasteiger partial charge in [0.15, 0.2) is 17.8 Å². The van der Waals surface area contributed by atoms with Crippen molar-refractivity contribution in [1.82, 2.24) is 0 Å². The molecule has 0 fully saturated rings. The van der Waals surface area contributed by atoms with Gasteiger partial charge in [-0.05, 0) is 54.2 Å². The van der Waals surface area contributed by atoms with Crippen molar-refractivity contribution in [2.45, 2.75) is 25.7 Å². The molecule has 0 aliphatic heterocycles. The largest absolute Gasteiger partial charge is 0.504 e. The maximum Gasteiger partial charge on any atom is 0.168 e. The van der Waals surface area contributed by atoms with Crippen LogP contribution in [0, 0.1) is 6.92 Å². The second-order valence-corrected chi connectivity index (χ2v) is 5.61. The van der Waals surface area contributed by atoms with Crippen LogP contribution in [0.2, 0.25) is 0 Å². The SMILES string of the molecule is COc1ccc(C2CCc3c(C=O)c(O)c(O)c(C)c32)cc1. The lowest BCUT2D eigenvalue weighted by molar-refractivity contribution is 0.111. The number of aromatic hydroxyl groups is 2. The van der Waals surface area contributed by atoms with Gasteiger partial charge < -0.3 is 14.9 Å². The Kier molecular flexibility index (Phi) is 3.53. The summed E-state index contributed by atoms with van der Waals surface area (Å²) in [5, 5.41) is 20.1. The summed E-state index contributed by atoms with van der Waals surface area (Å²) in [5.74, 6) is 0.412. The van der Waals surface area contributed by atoms with Gasteiger partial charge in [-0.25, -0.2) is 0 Å². The topological polar surface area (TPSA) is 66.8 Å². The monoisotopic (exact) mass is 298 g/mol. The van der Waals surface area contributed by atoms with Crippen molar-refractivity contribution in [2.24, 2.45) is 0 Å². The summed E-state index contributed by atoms with van der Waals surface area (Å²) in [7, 11) is 1.63. The number of hydrogen-bond donors (Lipinski definition) is 2. The number of carbonyl (C=O) groups excluding carboxylic acids is 1. The van der Waals surface area contributed by atoms with Gasteiger partial charge in [-0.15, -0.1) is 0 Å². The maximum absolute atomic E-state index is 11.3. The number of aldehydes is 1. The van der Waals surface area contributed by atoms with Crippen LogP contribution in [0.1, 0.15) is 45.0 Å². The molecule has 4 heteroatoms. The Bertz CT molecular complexity index is 732. The number of benzene rings is 2. The molecule has 1 aliphatic rings. The Labute approximate surface area is 129 Å². The molecule has 2 N–H and O–H groups in total. The normalized spacial score (nSPS) is 16.4. The fraction of sp³-hybridized carbons (Fsp3) is 0.278. The van der Waals surface area contributed by atoms with Crippen LogP contribution in [-0.4, -0.2) is 23.6 Å². The van der Waals surface area contributed by atoms with E-state index in [4.69, 9.17) is 4.74 Å². The molecule has 0 saturated heterocycles. The minimum Gasteiger partial charge on any atom is -0.504 e. The van der Waals surface area contributed by atoms with E-state index in [1.165, 1.54) is 0 Å². The van der Waals surface area contributed by atoms with Crippen LogP contribution < -0.4 is 4.74 Å². The van der Waals surface area contributed by atoms with Crippen LogP contribution in [0.15, 0.2) is 24.3 Å². The molecular weight excluding hydrogens is 280 g/mol. The van der Waals surface area contributed by atoms with E-state index in [2.05, 4.69) is 0 Å². The Morgan fingerprint density at radius 1 is 1.18 bits per heavy atom. The summed E-state index contributed by atoms with van der Waals surface area (Å²) in [6, 6.07) is 7.82. The minimum atomic E-state index is -0.304. The number of carbonyl (C=O) groups is 1. The van der Waals surface area contributed by atoms with Crippen molar-refractivity contribution in [1.29, 1.82) is 0 Å². The smallest absolute Gasteiger partial charge is 0.168 e. The molecule has 2 aromatic carbocycles. The Morgan fingerprint density at radius 3 is 2.45 bits per heavy atom. The third kappa shape index (κ3) is 2.03. The van der Waals surface area contributed by atoms with Crippen molar-refractivity contribution in [2.75, 3.05) is 7.11 Å². The Hall–Kier alpha value is -2.49. The number of rotatable bonds is 3. The minimum absolute atomic E-state index is 0.117. The summed E-state index contributed by atoms with van der Waals surface area (Å²) in [4.78, 5) is 11.3. The summed E-state index contributed by atoms with van der Waals surface area (Å²) in [6.07, 6.45) is 2.20. The fourth-order valence-electron chi connectivity index (χ4n) is 3.42.